The summed E-state index contributed by atoms with van der Waals surface area (Å²) < 4.78 is 1.20. The Hall–Kier alpha value is -2.16. The average molecular weight is 297 g/mol. The number of carbonyl (C=O) groups excluding carboxylic acids is 1. The Morgan fingerprint density at radius 1 is 1.48 bits per heavy atom. The lowest BCUT2D eigenvalue weighted by Crippen LogP contribution is -2.49. The molecular formula is C12H19N5O4. The van der Waals surface area contributed by atoms with Crippen molar-refractivity contribution >= 4 is 12.0 Å². The molecule has 1 heterocycles. The third kappa shape index (κ3) is 4.15. The van der Waals surface area contributed by atoms with Crippen LogP contribution in [0.15, 0.2) is 6.20 Å². The van der Waals surface area contributed by atoms with Crippen LogP contribution in [0.25, 0.3) is 0 Å². The monoisotopic (exact) mass is 297 g/mol. The van der Waals surface area contributed by atoms with Crippen LogP contribution in [0.5, 0.6) is 0 Å². The first-order valence-electron chi connectivity index (χ1n) is 6.86. The maximum Gasteiger partial charge on any atom is 0.325 e. The molecule has 2 rings (SSSR count). The third-order valence-electron chi connectivity index (χ3n) is 3.42. The molecule has 0 atom stereocenters. The van der Waals surface area contributed by atoms with Gasteiger partial charge in [-0.25, -0.2) is 9.48 Å². The molecule has 1 fully saturated rings. The number of hydrogen-bond acceptors (Lipinski definition) is 5. The van der Waals surface area contributed by atoms with Crippen molar-refractivity contribution in [2.75, 3.05) is 13.2 Å². The van der Waals surface area contributed by atoms with Crippen molar-refractivity contribution in [3.8, 4) is 0 Å². The predicted molar refractivity (Wildman–Crippen MR) is 71.3 cm³/mol. The van der Waals surface area contributed by atoms with Crippen molar-refractivity contribution in [1.82, 2.24) is 25.2 Å². The second-order valence-electron chi connectivity index (χ2n) is 4.96. The maximum atomic E-state index is 12.1. The van der Waals surface area contributed by atoms with Crippen LogP contribution in [0.4, 0.5) is 4.79 Å². The Labute approximate surface area is 121 Å². The van der Waals surface area contributed by atoms with Gasteiger partial charge >= 0.3 is 12.0 Å². The average Bonchev–Trinajstić information content (AvgIpc) is 2.80. The second kappa shape index (κ2) is 7.02. The van der Waals surface area contributed by atoms with E-state index < -0.39 is 5.97 Å². The smallest absolute Gasteiger partial charge is 0.325 e. The molecule has 0 radical (unpaired) electrons. The zero-order valence-electron chi connectivity index (χ0n) is 11.6. The molecule has 9 nitrogen and oxygen atoms in total. The zero-order chi connectivity index (χ0) is 15.2. The first-order valence-corrected chi connectivity index (χ1v) is 6.86. The minimum Gasteiger partial charge on any atom is -0.480 e. The molecule has 0 spiro atoms. The van der Waals surface area contributed by atoms with Gasteiger partial charge in [0.1, 0.15) is 12.2 Å². The van der Waals surface area contributed by atoms with Gasteiger partial charge in [-0.2, -0.15) is 0 Å². The van der Waals surface area contributed by atoms with Crippen molar-refractivity contribution in [3.05, 3.63) is 11.9 Å². The van der Waals surface area contributed by atoms with Crippen molar-refractivity contribution in [2.45, 2.75) is 38.4 Å². The molecule has 0 bridgehead atoms. The van der Waals surface area contributed by atoms with Crippen LogP contribution in [0.2, 0.25) is 0 Å². The van der Waals surface area contributed by atoms with Crippen LogP contribution in [0.3, 0.4) is 0 Å². The number of aliphatic hydroxyl groups excluding tert-OH is 1. The van der Waals surface area contributed by atoms with Gasteiger partial charge in [0.2, 0.25) is 0 Å². The minimum atomic E-state index is -1.01. The summed E-state index contributed by atoms with van der Waals surface area (Å²) in [5.74, 6) is -1.01. The number of carboxylic acids is 1. The largest absolute Gasteiger partial charge is 0.480 e. The fourth-order valence-electron chi connectivity index (χ4n) is 2.16. The Morgan fingerprint density at radius 3 is 2.81 bits per heavy atom. The molecular weight excluding hydrogens is 278 g/mol. The number of aliphatic carboxylic acids is 1. The van der Waals surface area contributed by atoms with Crippen LogP contribution in [0.1, 0.15) is 25.0 Å². The van der Waals surface area contributed by atoms with E-state index >= 15 is 0 Å². The van der Waals surface area contributed by atoms with Gasteiger partial charge in [-0.1, -0.05) is 5.21 Å². The number of rotatable bonds is 7. The van der Waals surface area contributed by atoms with Crippen LogP contribution < -0.4 is 5.32 Å². The van der Waals surface area contributed by atoms with Gasteiger partial charge in [0.15, 0.2) is 0 Å². The summed E-state index contributed by atoms with van der Waals surface area (Å²) in [5, 5.41) is 27.8. The molecule has 1 saturated carbocycles. The highest BCUT2D eigenvalue weighted by Crippen LogP contribution is 2.24. The van der Waals surface area contributed by atoms with E-state index in [0.717, 1.165) is 19.3 Å². The number of carbonyl (C=O) groups is 2. The van der Waals surface area contributed by atoms with Gasteiger partial charge in [0.25, 0.3) is 0 Å². The van der Waals surface area contributed by atoms with E-state index in [1.807, 2.05) is 0 Å². The molecule has 0 aromatic carbocycles. The van der Waals surface area contributed by atoms with Crippen LogP contribution in [-0.4, -0.2) is 61.3 Å². The Bertz CT molecular complexity index is 500. The fraction of sp³-hybridized carbons (Fsp3) is 0.667. The fourth-order valence-corrected chi connectivity index (χ4v) is 2.16. The Morgan fingerprint density at radius 2 is 2.24 bits per heavy atom. The highest BCUT2D eigenvalue weighted by molar-refractivity contribution is 5.74. The lowest BCUT2D eigenvalue weighted by atomic mass is 9.92. The number of aromatic nitrogens is 3. The quantitative estimate of drug-likeness (QED) is 0.619. The first kappa shape index (κ1) is 15.2. The molecule has 116 valence electrons. The lowest BCUT2D eigenvalue weighted by molar-refractivity contribution is -0.137. The highest BCUT2D eigenvalue weighted by atomic mass is 16.4. The summed E-state index contributed by atoms with van der Waals surface area (Å²) in [5.41, 5.74) is 0.488. The number of urea groups is 1. The molecule has 0 saturated heterocycles. The van der Waals surface area contributed by atoms with Crippen LogP contribution >= 0.6 is 0 Å². The number of nitrogens with zero attached hydrogens (tertiary/aromatic N) is 4. The van der Waals surface area contributed by atoms with Gasteiger partial charge in [-0.3, -0.25) is 4.79 Å². The first-order chi connectivity index (χ1) is 10.1. The Kier molecular flexibility index (Phi) is 5.09. The SMILES string of the molecule is O=C(O)Cn1cc(CNC(=O)N(CCO)C2CCC2)nn1. The highest BCUT2D eigenvalue weighted by Gasteiger charge is 2.28. The van der Waals surface area contributed by atoms with Crippen molar-refractivity contribution < 1.29 is 19.8 Å². The molecule has 1 aromatic rings. The third-order valence-corrected chi connectivity index (χ3v) is 3.42. The molecule has 9 heteroatoms. The number of amides is 2. The standard InChI is InChI=1S/C12H19N5O4/c18-5-4-17(10-2-1-3-10)12(21)13-6-9-7-16(15-14-9)8-11(19)20/h7,10,18H,1-6,8H2,(H,13,21)(H,19,20). The number of aliphatic hydroxyl groups is 1. The summed E-state index contributed by atoms with van der Waals surface area (Å²) in [7, 11) is 0. The summed E-state index contributed by atoms with van der Waals surface area (Å²) in [6, 6.07) is -0.0543. The molecule has 1 aliphatic carbocycles. The molecule has 21 heavy (non-hydrogen) atoms. The van der Waals surface area contributed by atoms with Crippen LogP contribution in [-0.2, 0) is 17.9 Å². The van der Waals surface area contributed by atoms with Gasteiger partial charge in [-0.05, 0) is 19.3 Å². The molecule has 0 aliphatic heterocycles. The maximum absolute atomic E-state index is 12.1. The van der Waals surface area contributed by atoms with Gasteiger partial charge < -0.3 is 20.4 Å². The van der Waals surface area contributed by atoms with E-state index in [-0.39, 0.29) is 31.8 Å². The zero-order valence-corrected chi connectivity index (χ0v) is 11.6. The van der Waals surface area contributed by atoms with Crippen molar-refractivity contribution in [2.24, 2.45) is 0 Å². The van der Waals surface area contributed by atoms with Gasteiger partial charge in [-0.15, -0.1) is 5.10 Å². The number of carboxylic acid groups (broad SMARTS) is 1. The van der Waals surface area contributed by atoms with Gasteiger partial charge in [0, 0.05) is 12.6 Å². The second-order valence-corrected chi connectivity index (χ2v) is 4.96. The van der Waals surface area contributed by atoms with E-state index in [0.29, 0.717) is 12.2 Å². The summed E-state index contributed by atoms with van der Waals surface area (Å²) in [6.45, 7) is 0.147. The molecule has 2 amide bonds. The molecule has 0 unspecified atom stereocenters. The van der Waals surface area contributed by atoms with E-state index in [2.05, 4.69) is 15.6 Å². The Balaban J connectivity index is 1.84. The number of hydrogen-bond donors (Lipinski definition) is 3. The summed E-state index contributed by atoms with van der Waals surface area (Å²) in [6.07, 6.45) is 4.50. The van der Waals surface area contributed by atoms with Crippen molar-refractivity contribution in [1.29, 1.82) is 0 Å². The predicted octanol–water partition coefficient (Wildman–Crippen LogP) is -0.581. The topological polar surface area (TPSA) is 121 Å². The minimum absolute atomic E-state index is 0.0707. The molecule has 1 aromatic heterocycles. The number of nitrogens with one attached hydrogen (secondary N) is 1. The normalized spacial score (nSPS) is 14.5. The summed E-state index contributed by atoms with van der Waals surface area (Å²) >= 11 is 0. The summed E-state index contributed by atoms with van der Waals surface area (Å²) in [4.78, 5) is 24.2. The molecule has 1 aliphatic rings. The van der Waals surface area contributed by atoms with Gasteiger partial charge in [0.05, 0.1) is 19.3 Å². The molecule has 3 N–H and O–H groups in total. The van der Waals surface area contributed by atoms with E-state index in [1.165, 1.54) is 10.9 Å². The van der Waals surface area contributed by atoms with Crippen molar-refractivity contribution in [3.63, 3.8) is 0 Å². The lowest BCUT2D eigenvalue weighted by Gasteiger charge is -2.37. The van der Waals surface area contributed by atoms with E-state index in [1.54, 1.807) is 4.90 Å². The van der Waals surface area contributed by atoms with Crippen LogP contribution in [0, 0.1) is 0 Å². The van der Waals surface area contributed by atoms with E-state index in [4.69, 9.17) is 10.2 Å². The van der Waals surface area contributed by atoms with E-state index in [9.17, 15) is 9.59 Å².